The fourth-order valence-electron chi connectivity index (χ4n) is 2.72. The zero-order valence-electron chi connectivity index (χ0n) is 15.9. The first-order chi connectivity index (χ1) is 14.9. The van der Waals surface area contributed by atoms with Crippen LogP contribution < -0.4 is 5.32 Å². The lowest BCUT2D eigenvalue weighted by Crippen LogP contribution is -2.40. The van der Waals surface area contributed by atoms with Crippen LogP contribution in [-0.4, -0.2) is 61.3 Å². The summed E-state index contributed by atoms with van der Waals surface area (Å²) in [5, 5.41) is 11.2. The van der Waals surface area contributed by atoms with Gasteiger partial charge in [0.05, 0.1) is 21.9 Å². The Morgan fingerprint density at radius 2 is 1.87 bits per heavy atom. The van der Waals surface area contributed by atoms with Crippen molar-refractivity contribution in [2.24, 2.45) is 4.99 Å². The molecule has 1 aliphatic rings. The summed E-state index contributed by atoms with van der Waals surface area (Å²) < 4.78 is 32.9. The van der Waals surface area contributed by atoms with Crippen LogP contribution in [0, 0.1) is 0 Å². The van der Waals surface area contributed by atoms with Crippen molar-refractivity contribution in [1.82, 2.24) is 14.5 Å². The fourth-order valence-corrected chi connectivity index (χ4v) is 6.01. The van der Waals surface area contributed by atoms with Crippen LogP contribution >= 0.6 is 38.6 Å². The minimum atomic E-state index is -3.60. The Hall–Kier alpha value is -2.03. The van der Waals surface area contributed by atoms with Crippen molar-refractivity contribution in [3.05, 3.63) is 50.6 Å². The minimum Gasteiger partial charge on any atom is -0.379 e. The van der Waals surface area contributed by atoms with Crippen molar-refractivity contribution in [1.29, 1.82) is 0 Å². The number of ether oxygens (including phenoxy) is 1. The first-order valence-corrected chi connectivity index (χ1v) is 12.9. The van der Waals surface area contributed by atoms with Crippen molar-refractivity contribution >= 4 is 71.0 Å². The third kappa shape index (κ3) is 5.42. The second-order valence-electron chi connectivity index (χ2n) is 6.28. The van der Waals surface area contributed by atoms with Gasteiger partial charge in [0, 0.05) is 29.7 Å². The van der Waals surface area contributed by atoms with E-state index in [4.69, 9.17) is 4.74 Å². The van der Waals surface area contributed by atoms with Crippen LogP contribution in [0.25, 0.3) is 0 Å². The number of nitrogens with zero attached hydrogens (tertiary/aromatic N) is 4. The molecular weight excluding hydrogens is 526 g/mol. The normalized spacial score (nSPS) is 15.4. The molecule has 1 N–H and O–H groups in total. The number of nitrogens with one attached hydrogen (secondary N) is 1. The molecule has 162 valence electrons. The average molecular weight is 542 g/mol. The number of morpholine rings is 1. The number of aromatic nitrogens is 2. The van der Waals surface area contributed by atoms with Gasteiger partial charge >= 0.3 is 0 Å². The Morgan fingerprint density at radius 3 is 2.55 bits per heavy atom. The number of anilines is 1. The molecule has 0 aliphatic carbocycles. The van der Waals surface area contributed by atoms with Gasteiger partial charge in [-0.15, -0.1) is 21.5 Å². The van der Waals surface area contributed by atoms with Crippen LogP contribution in [0.2, 0.25) is 0 Å². The predicted octanol–water partition coefficient (Wildman–Crippen LogP) is 3.39. The smallest absolute Gasteiger partial charge is 0.257 e. The summed E-state index contributed by atoms with van der Waals surface area (Å²) in [6.07, 6.45) is 1.68. The van der Waals surface area contributed by atoms with Crippen LogP contribution in [0.3, 0.4) is 0 Å². The van der Waals surface area contributed by atoms with Crippen molar-refractivity contribution < 1.29 is 17.9 Å². The van der Waals surface area contributed by atoms with E-state index in [9.17, 15) is 13.2 Å². The molecule has 0 radical (unpaired) electrons. The Kier molecular flexibility index (Phi) is 6.89. The second-order valence-corrected chi connectivity index (χ2v) is 11.7. The van der Waals surface area contributed by atoms with Crippen LogP contribution in [0.4, 0.5) is 10.3 Å². The van der Waals surface area contributed by atoms with Crippen LogP contribution in [0.1, 0.15) is 15.2 Å². The number of benzene rings is 1. The molecule has 2 aromatic heterocycles. The largest absolute Gasteiger partial charge is 0.379 e. The first-order valence-electron chi connectivity index (χ1n) is 9.04. The predicted molar refractivity (Wildman–Crippen MR) is 123 cm³/mol. The van der Waals surface area contributed by atoms with Crippen molar-refractivity contribution in [2.45, 2.75) is 4.90 Å². The average Bonchev–Trinajstić information content (AvgIpc) is 3.41. The summed E-state index contributed by atoms with van der Waals surface area (Å²) in [6, 6.07) is 9.64. The number of hydrogen-bond acceptors (Lipinski definition) is 9. The lowest BCUT2D eigenvalue weighted by atomic mass is 10.2. The number of rotatable bonds is 6. The maximum Gasteiger partial charge on any atom is 0.257 e. The van der Waals surface area contributed by atoms with Crippen LogP contribution in [0.5, 0.6) is 0 Å². The van der Waals surface area contributed by atoms with E-state index in [-0.39, 0.29) is 4.90 Å². The summed E-state index contributed by atoms with van der Waals surface area (Å²) in [7, 11) is -3.60. The van der Waals surface area contributed by atoms with E-state index in [1.54, 1.807) is 6.21 Å². The van der Waals surface area contributed by atoms with Gasteiger partial charge in [-0.05, 0) is 52.3 Å². The number of aliphatic imine (C=N–C) groups is 1. The molecule has 1 aliphatic heterocycles. The molecule has 0 saturated carbocycles. The van der Waals surface area contributed by atoms with E-state index >= 15 is 0 Å². The number of sulfonamides is 1. The summed E-state index contributed by atoms with van der Waals surface area (Å²) in [6.45, 7) is 1.38. The molecule has 3 aromatic rings. The summed E-state index contributed by atoms with van der Waals surface area (Å²) in [4.78, 5) is 17.8. The third-order valence-electron chi connectivity index (χ3n) is 4.26. The van der Waals surface area contributed by atoms with E-state index in [2.05, 4.69) is 36.4 Å². The molecule has 1 amide bonds. The fraction of sp³-hybridized carbons (Fsp3) is 0.222. The molecule has 4 rings (SSSR count). The first kappa shape index (κ1) is 22.2. The summed E-state index contributed by atoms with van der Waals surface area (Å²) >= 11 is 6.06. The Labute approximate surface area is 195 Å². The van der Waals surface area contributed by atoms with Crippen LogP contribution in [-0.2, 0) is 14.8 Å². The van der Waals surface area contributed by atoms with Gasteiger partial charge in [0.1, 0.15) is 0 Å². The quantitative estimate of drug-likeness (QED) is 0.478. The van der Waals surface area contributed by atoms with Gasteiger partial charge in [0.25, 0.3) is 5.91 Å². The van der Waals surface area contributed by atoms with Gasteiger partial charge in [-0.2, -0.15) is 4.31 Å². The van der Waals surface area contributed by atoms with E-state index < -0.39 is 15.9 Å². The summed E-state index contributed by atoms with van der Waals surface area (Å²) in [5.74, 6) is -0.413. The number of halogens is 1. The highest BCUT2D eigenvalue weighted by molar-refractivity contribution is 9.11. The number of amides is 1. The van der Waals surface area contributed by atoms with Gasteiger partial charge in [-0.3, -0.25) is 10.1 Å². The zero-order chi connectivity index (χ0) is 21.8. The van der Waals surface area contributed by atoms with E-state index in [1.807, 2.05) is 12.1 Å². The third-order valence-corrected chi connectivity index (χ3v) is 8.47. The van der Waals surface area contributed by atoms with Crippen LogP contribution in [0.15, 0.2) is 50.1 Å². The maximum atomic E-state index is 12.7. The lowest BCUT2D eigenvalue weighted by Gasteiger charge is -2.26. The molecule has 0 atom stereocenters. The molecular formula is C18H16BrN5O4S3. The number of thiophene rings is 1. The molecule has 1 saturated heterocycles. The van der Waals surface area contributed by atoms with Crippen molar-refractivity contribution in [3.63, 3.8) is 0 Å². The van der Waals surface area contributed by atoms with E-state index in [1.165, 1.54) is 39.9 Å². The van der Waals surface area contributed by atoms with Gasteiger partial charge in [-0.25, -0.2) is 13.4 Å². The molecule has 9 nitrogen and oxygen atoms in total. The topological polar surface area (TPSA) is 114 Å². The lowest BCUT2D eigenvalue weighted by molar-refractivity contribution is 0.0730. The Bertz CT molecular complexity index is 1200. The van der Waals surface area contributed by atoms with E-state index in [0.29, 0.717) is 42.1 Å². The monoisotopic (exact) mass is 541 g/mol. The molecule has 1 fully saturated rings. The number of hydrogen-bond donors (Lipinski definition) is 1. The zero-order valence-corrected chi connectivity index (χ0v) is 19.9. The number of carbonyl (C=O) groups is 1. The molecule has 13 heteroatoms. The Balaban J connectivity index is 1.40. The van der Waals surface area contributed by atoms with Gasteiger partial charge in [0.15, 0.2) is 0 Å². The van der Waals surface area contributed by atoms with E-state index in [0.717, 1.165) is 20.0 Å². The van der Waals surface area contributed by atoms with Crippen molar-refractivity contribution in [3.8, 4) is 0 Å². The molecule has 3 heterocycles. The molecule has 0 unspecified atom stereocenters. The standard InChI is InChI=1S/C18H16BrN5O4S3/c19-15-6-3-13(29-15)11-20-17-22-23-18(30-17)21-16(25)12-1-4-14(5-2-12)31(26,27)24-7-9-28-10-8-24/h1-6,11H,7-10H2,(H,21,23,25). The van der Waals surface area contributed by atoms with Gasteiger partial charge < -0.3 is 4.74 Å². The highest BCUT2D eigenvalue weighted by atomic mass is 79.9. The minimum absolute atomic E-state index is 0.138. The second kappa shape index (κ2) is 9.63. The molecule has 1 aromatic carbocycles. The highest BCUT2D eigenvalue weighted by Crippen LogP contribution is 2.25. The highest BCUT2D eigenvalue weighted by Gasteiger charge is 2.26. The van der Waals surface area contributed by atoms with Gasteiger partial charge in [0.2, 0.25) is 20.3 Å². The molecule has 0 spiro atoms. The summed E-state index contributed by atoms with van der Waals surface area (Å²) in [5.41, 5.74) is 0.310. The van der Waals surface area contributed by atoms with Crippen molar-refractivity contribution in [2.75, 3.05) is 31.6 Å². The Morgan fingerprint density at radius 1 is 1.13 bits per heavy atom. The maximum absolute atomic E-state index is 12.7. The van der Waals surface area contributed by atoms with Gasteiger partial charge in [-0.1, -0.05) is 11.3 Å². The molecule has 31 heavy (non-hydrogen) atoms. The number of carbonyl (C=O) groups excluding carboxylic acids is 1. The molecule has 0 bridgehead atoms. The SMILES string of the molecule is O=C(Nc1nnc(N=Cc2ccc(Br)s2)s1)c1ccc(S(=O)(=O)N2CCOCC2)cc1.